The summed E-state index contributed by atoms with van der Waals surface area (Å²) < 4.78 is 0. The standard InChI is InChI=1S/C45H42N4.Pt/c1-31-25-43(46-29-39(31)33-13-7-5-8-14-33)48-23-11-17-35-19-21-37(27-41(35)48)45(3,4)38-22-20-36-18-12-24-49(42(36)28-38)44-26-32(2)40(30-47-44)34-15-9-6-10-16-34;/h5-10,13-16,19-22,25-26,29-30H,11-12,17-18,23-24H2,1-4H3;/q-2;+2. The van der Waals surface area contributed by atoms with Crippen molar-refractivity contribution in [2.75, 3.05) is 22.9 Å². The Balaban J connectivity index is 0.00000392. The van der Waals surface area contributed by atoms with Gasteiger partial charge in [0.1, 0.15) is 11.6 Å². The minimum Gasteiger partial charge on any atom is -0.350 e. The van der Waals surface area contributed by atoms with Crippen LogP contribution in [0.2, 0.25) is 0 Å². The molecule has 0 unspecified atom stereocenters. The summed E-state index contributed by atoms with van der Waals surface area (Å²) in [5, 5.41) is 0. The van der Waals surface area contributed by atoms with E-state index in [0.29, 0.717) is 0 Å². The molecule has 0 N–H and O–H groups in total. The maximum absolute atomic E-state index is 4.99. The zero-order valence-electron chi connectivity index (χ0n) is 29.2. The van der Waals surface area contributed by atoms with Crippen molar-refractivity contribution in [3.63, 3.8) is 0 Å². The van der Waals surface area contributed by atoms with Crippen LogP contribution in [0.3, 0.4) is 0 Å². The average molecular weight is 834 g/mol. The number of fused-ring (bicyclic) bond motifs is 2. The van der Waals surface area contributed by atoms with Crippen molar-refractivity contribution in [1.82, 2.24) is 9.97 Å². The molecular weight excluding hydrogens is 792 g/mol. The van der Waals surface area contributed by atoms with Gasteiger partial charge in [0.25, 0.3) is 0 Å². The van der Waals surface area contributed by atoms with Gasteiger partial charge in [-0.3, -0.25) is 0 Å². The van der Waals surface area contributed by atoms with Crippen LogP contribution in [0.4, 0.5) is 23.0 Å². The third-order valence-electron chi connectivity index (χ3n) is 10.5. The Morgan fingerprint density at radius 3 is 1.40 bits per heavy atom. The van der Waals surface area contributed by atoms with Gasteiger partial charge in [-0.05, 0) is 66.5 Å². The molecule has 0 atom stereocenters. The van der Waals surface area contributed by atoms with E-state index in [1.54, 1.807) is 0 Å². The van der Waals surface area contributed by atoms with E-state index in [2.05, 4.69) is 147 Å². The molecule has 0 amide bonds. The molecule has 4 aromatic carbocycles. The number of aromatic nitrogens is 2. The van der Waals surface area contributed by atoms with Crippen molar-refractivity contribution in [3.8, 4) is 22.3 Å². The Morgan fingerprint density at radius 2 is 1.00 bits per heavy atom. The number of aryl methyl sites for hydroxylation is 4. The van der Waals surface area contributed by atoms with Crippen molar-refractivity contribution in [3.05, 3.63) is 155 Å². The summed E-state index contributed by atoms with van der Waals surface area (Å²) in [6, 6.07) is 42.5. The van der Waals surface area contributed by atoms with Gasteiger partial charge < -0.3 is 9.80 Å². The summed E-state index contributed by atoms with van der Waals surface area (Å²) in [5.41, 5.74) is 14.2. The summed E-state index contributed by atoms with van der Waals surface area (Å²) in [6.45, 7) is 10.8. The molecule has 0 saturated heterocycles. The normalized spacial score (nSPS) is 14.1. The number of hydrogen-bond donors (Lipinski definition) is 0. The van der Waals surface area contributed by atoms with Crippen LogP contribution in [0.5, 0.6) is 0 Å². The van der Waals surface area contributed by atoms with E-state index in [9.17, 15) is 0 Å². The quantitative estimate of drug-likeness (QED) is 0.157. The van der Waals surface area contributed by atoms with Crippen LogP contribution < -0.4 is 9.80 Å². The number of anilines is 4. The van der Waals surface area contributed by atoms with Crippen molar-refractivity contribution >= 4 is 23.0 Å². The molecule has 2 aromatic heterocycles. The molecule has 0 saturated carbocycles. The monoisotopic (exact) mass is 833 g/mol. The first-order chi connectivity index (χ1) is 23.9. The minimum absolute atomic E-state index is 0. The van der Waals surface area contributed by atoms with E-state index in [4.69, 9.17) is 9.97 Å². The number of rotatable bonds is 6. The largest absolute Gasteiger partial charge is 2.00 e. The predicted molar refractivity (Wildman–Crippen MR) is 202 cm³/mol. The number of benzene rings is 4. The zero-order chi connectivity index (χ0) is 33.5. The van der Waals surface area contributed by atoms with E-state index in [-0.39, 0.29) is 26.5 Å². The van der Waals surface area contributed by atoms with Crippen LogP contribution in [-0.4, -0.2) is 23.1 Å². The van der Waals surface area contributed by atoms with Gasteiger partial charge in [-0.25, -0.2) is 9.97 Å². The SMILES string of the molecule is Cc1cc(N2CCCc3ccc(C(C)(C)c4[c-]c5c(cc4)CCCN5c4cc(C)c(-c5ccccc5)cn4)[c-]c32)ncc1-c1ccccc1.[Pt+2]. The van der Waals surface area contributed by atoms with Gasteiger partial charge in [0, 0.05) is 36.6 Å². The third kappa shape index (κ3) is 6.31. The molecular formula is C45H42N4Pt. The Bertz CT molecular complexity index is 1990. The molecule has 5 heteroatoms. The van der Waals surface area contributed by atoms with Crippen molar-refractivity contribution < 1.29 is 21.1 Å². The fourth-order valence-corrected chi connectivity index (χ4v) is 7.54. The van der Waals surface area contributed by atoms with Crippen LogP contribution in [-0.2, 0) is 39.3 Å². The number of pyridine rings is 2. The second-order valence-electron chi connectivity index (χ2n) is 14.1. The molecule has 4 heterocycles. The first-order valence-electron chi connectivity index (χ1n) is 17.6. The smallest absolute Gasteiger partial charge is 0.350 e. The van der Waals surface area contributed by atoms with Gasteiger partial charge in [0.05, 0.1) is 0 Å². The van der Waals surface area contributed by atoms with Gasteiger partial charge in [-0.1, -0.05) is 98.7 Å². The number of nitrogens with zero attached hydrogens (tertiary/aromatic N) is 4. The fourth-order valence-electron chi connectivity index (χ4n) is 7.54. The molecule has 2 aliphatic heterocycles. The van der Waals surface area contributed by atoms with Crippen LogP contribution in [0, 0.1) is 26.0 Å². The van der Waals surface area contributed by atoms with E-state index in [1.165, 1.54) is 44.5 Å². The molecule has 252 valence electrons. The average Bonchev–Trinajstić information content (AvgIpc) is 3.14. The second kappa shape index (κ2) is 14.0. The van der Waals surface area contributed by atoms with Crippen molar-refractivity contribution in [1.29, 1.82) is 0 Å². The second-order valence-corrected chi connectivity index (χ2v) is 14.1. The molecule has 6 aromatic rings. The summed E-state index contributed by atoms with van der Waals surface area (Å²) in [7, 11) is 0. The molecule has 0 spiro atoms. The molecule has 50 heavy (non-hydrogen) atoms. The van der Waals surface area contributed by atoms with Crippen LogP contribution in [0.1, 0.15) is 60.1 Å². The van der Waals surface area contributed by atoms with Gasteiger partial charge >= 0.3 is 21.1 Å². The summed E-state index contributed by atoms with van der Waals surface area (Å²) >= 11 is 0. The van der Waals surface area contributed by atoms with Gasteiger partial charge in [-0.2, -0.15) is 47.5 Å². The maximum atomic E-state index is 4.99. The molecule has 0 radical (unpaired) electrons. The molecule has 2 aliphatic rings. The maximum Gasteiger partial charge on any atom is 2.00 e. The van der Waals surface area contributed by atoms with Crippen LogP contribution in [0.15, 0.2) is 109 Å². The Hall–Kier alpha value is -4.53. The third-order valence-corrected chi connectivity index (χ3v) is 10.5. The summed E-state index contributed by atoms with van der Waals surface area (Å²) in [4.78, 5) is 14.7. The fraction of sp³-hybridized carbons (Fsp3) is 0.244. The molecule has 0 bridgehead atoms. The molecule has 4 nitrogen and oxygen atoms in total. The topological polar surface area (TPSA) is 32.3 Å². The van der Waals surface area contributed by atoms with Gasteiger partial charge in [0.15, 0.2) is 0 Å². The van der Waals surface area contributed by atoms with Gasteiger partial charge in [0.2, 0.25) is 0 Å². The Labute approximate surface area is 311 Å². The molecule has 0 aliphatic carbocycles. The van der Waals surface area contributed by atoms with E-state index >= 15 is 0 Å². The van der Waals surface area contributed by atoms with Crippen LogP contribution >= 0.6 is 0 Å². The molecule has 0 fully saturated rings. The Morgan fingerprint density at radius 1 is 0.580 bits per heavy atom. The minimum atomic E-state index is -0.308. The van der Waals surface area contributed by atoms with Crippen molar-refractivity contribution in [2.45, 2.75) is 58.8 Å². The summed E-state index contributed by atoms with van der Waals surface area (Å²) in [6.07, 6.45) is 8.36. The van der Waals surface area contributed by atoms with Crippen molar-refractivity contribution in [2.24, 2.45) is 0 Å². The number of hydrogen-bond acceptors (Lipinski definition) is 4. The van der Waals surface area contributed by atoms with Crippen LogP contribution in [0.25, 0.3) is 22.3 Å². The summed E-state index contributed by atoms with van der Waals surface area (Å²) in [5.74, 6) is 1.97. The Kier molecular flexibility index (Phi) is 9.50. The predicted octanol–water partition coefficient (Wildman–Crippen LogP) is 10.5. The van der Waals surface area contributed by atoms with E-state index in [1.807, 2.05) is 12.4 Å². The first kappa shape index (κ1) is 33.9. The first-order valence-corrected chi connectivity index (χ1v) is 17.6. The molecule has 8 rings (SSSR count). The van der Waals surface area contributed by atoms with E-state index < -0.39 is 0 Å². The van der Waals surface area contributed by atoms with Gasteiger partial charge in [-0.15, -0.1) is 11.1 Å². The van der Waals surface area contributed by atoms with E-state index in [0.717, 1.165) is 72.9 Å². The zero-order valence-corrected chi connectivity index (χ0v) is 31.5.